The number of hydrogen-bond donors (Lipinski definition) is 1. The molecule has 31 heavy (non-hydrogen) atoms. The van der Waals surface area contributed by atoms with Gasteiger partial charge in [0.1, 0.15) is 11.6 Å². The number of likely N-dealkylation sites (tertiary alicyclic amines) is 1. The number of carbonyl (C=O) groups excluding carboxylic acids is 1. The molecule has 2 aromatic carbocycles. The molecule has 1 fully saturated rings. The van der Waals surface area contributed by atoms with Crippen LogP contribution in [0.15, 0.2) is 48.4 Å². The van der Waals surface area contributed by atoms with Crippen molar-refractivity contribution < 1.29 is 22.1 Å². The molecule has 3 rings (SSSR count). The van der Waals surface area contributed by atoms with Gasteiger partial charge in [0, 0.05) is 19.1 Å². The number of ether oxygens (including phenoxy) is 1. The predicted octanol–water partition coefficient (Wildman–Crippen LogP) is 4.67. The van der Waals surface area contributed by atoms with Crippen LogP contribution >= 0.6 is 0 Å². The second-order valence-corrected chi connectivity index (χ2v) is 8.21. The molecule has 2 aromatic rings. The van der Waals surface area contributed by atoms with Gasteiger partial charge in [-0.05, 0) is 74.2 Å². The summed E-state index contributed by atoms with van der Waals surface area (Å²) in [6, 6.07) is 2.25. The first-order valence-corrected chi connectivity index (χ1v) is 10.6. The van der Waals surface area contributed by atoms with Crippen molar-refractivity contribution in [3.8, 4) is 5.75 Å². The molecule has 5 nitrogen and oxygen atoms in total. The molecule has 0 aromatic heterocycles. The number of piperidine rings is 1. The van der Waals surface area contributed by atoms with Gasteiger partial charge in [0.05, 0.1) is 14.8 Å². The van der Waals surface area contributed by atoms with E-state index in [9.17, 15) is 9.18 Å². The molecule has 0 aliphatic carbocycles. The molecule has 0 saturated carbocycles. The van der Waals surface area contributed by atoms with Crippen LogP contribution in [0.2, 0.25) is 0 Å². The molecule has 168 valence electrons. The van der Waals surface area contributed by atoms with E-state index < -0.39 is 54.1 Å². The molecule has 1 aliphatic rings. The standard InChI is InChI=1S/C25H34FN3O2/c1-19(2)18-31-24-10-6-20(7-11-24)16-27-25(30)29(23-12-14-28(3)15-13-23)17-21-4-8-22(26)9-5-21/h4-11,19,23H,12-18H2,1-3H3,(H,27,30)/i4D,5D,8D,9D,17D2. The predicted molar refractivity (Wildman–Crippen MR) is 121 cm³/mol. The summed E-state index contributed by atoms with van der Waals surface area (Å²) in [7, 11) is 1.92. The number of nitrogens with zero attached hydrogens (tertiary/aromatic N) is 2. The van der Waals surface area contributed by atoms with E-state index in [-0.39, 0.29) is 6.54 Å². The third kappa shape index (κ3) is 7.24. The van der Waals surface area contributed by atoms with Crippen LogP contribution in [0.3, 0.4) is 0 Å². The molecule has 1 saturated heterocycles. The Hall–Kier alpha value is -2.60. The minimum Gasteiger partial charge on any atom is -0.493 e. The Bertz CT molecular complexity index is 1080. The molecule has 0 radical (unpaired) electrons. The lowest BCUT2D eigenvalue weighted by atomic mass is 10.0. The zero-order chi connectivity index (χ0) is 27.5. The molecule has 0 spiro atoms. The third-order valence-electron chi connectivity index (χ3n) is 5.05. The zero-order valence-electron chi connectivity index (χ0n) is 24.3. The van der Waals surface area contributed by atoms with Crippen molar-refractivity contribution in [1.29, 1.82) is 0 Å². The van der Waals surface area contributed by atoms with Crippen LogP contribution in [-0.2, 0) is 13.0 Å². The number of nitrogens with one attached hydrogen (secondary N) is 1. The second kappa shape index (κ2) is 11.1. The average Bonchev–Trinajstić information content (AvgIpc) is 2.85. The molecule has 0 atom stereocenters. The zero-order valence-corrected chi connectivity index (χ0v) is 18.3. The van der Waals surface area contributed by atoms with E-state index in [1.807, 2.05) is 20.9 Å². The van der Waals surface area contributed by atoms with Gasteiger partial charge in [-0.25, -0.2) is 9.18 Å². The van der Waals surface area contributed by atoms with Crippen LogP contribution in [0.5, 0.6) is 5.75 Å². The van der Waals surface area contributed by atoms with E-state index in [0.717, 1.165) is 10.5 Å². The molecular formula is C25H34FN3O2. The summed E-state index contributed by atoms with van der Waals surface area (Å²) in [5.41, 5.74) is 0.102. The number of rotatable bonds is 8. The van der Waals surface area contributed by atoms with Gasteiger partial charge < -0.3 is 19.9 Å². The van der Waals surface area contributed by atoms with Crippen molar-refractivity contribution in [3.63, 3.8) is 0 Å². The topological polar surface area (TPSA) is 44.8 Å². The molecule has 0 unspecified atom stereocenters. The smallest absolute Gasteiger partial charge is 0.318 e. The van der Waals surface area contributed by atoms with Crippen molar-refractivity contribution in [2.75, 3.05) is 26.7 Å². The highest BCUT2D eigenvalue weighted by Crippen LogP contribution is 2.19. The van der Waals surface area contributed by atoms with Crippen molar-refractivity contribution in [1.82, 2.24) is 15.1 Å². The fourth-order valence-corrected chi connectivity index (χ4v) is 3.26. The van der Waals surface area contributed by atoms with E-state index in [1.165, 1.54) is 0 Å². The fourth-order valence-electron chi connectivity index (χ4n) is 3.26. The number of halogens is 1. The number of hydrogen-bond acceptors (Lipinski definition) is 3. The van der Waals surface area contributed by atoms with Crippen LogP contribution in [0.25, 0.3) is 0 Å². The Kier molecular flexibility index (Phi) is 5.78. The largest absolute Gasteiger partial charge is 0.493 e. The van der Waals surface area contributed by atoms with E-state index in [1.54, 1.807) is 24.3 Å². The van der Waals surface area contributed by atoms with Crippen LogP contribution in [0.4, 0.5) is 9.18 Å². The van der Waals surface area contributed by atoms with E-state index in [4.69, 9.17) is 13.0 Å². The van der Waals surface area contributed by atoms with E-state index in [2.05, 4.69) is 10.2 Å². The van der Waals surface area contributed by atoms with Crippen LogP contribution in [0, 0.1) is 11.7 Å². The van der Waals surface area contributed by atoms with Crippen molar-refractivity contribution >= 4 is 6.03 Å². The summed E-state index contributed by atoms with van der Waals surface area (Å²) in [6.07, 6.45) is 0.906. The molecule has 0 bridgehead atoms. The molecule has 2 amide bonds. The van der Waals surface area contributed by atoms with Crippen LogP contribution in [0.1, 0.15) is 46.0 Å². The van der Waals surface area contributed by atoms with Gasteiger partial charge in [-0.3, -0.25) is 0 Å². The van der Waals surface area contributed by atoms with Gasteiger partial charge in [-0.2, -0.15) is 0 Å². The van der Waals surface area contributed by atoms with Crippen LogP contribution < -0.4 is 10.1 Å². The van der Waals surface area contributed by atoms with Crippen molar-refractivity contribution in [2.45, 2.75) is 45.8 Å². The van der Waals surface area contributed by atoms with Gasteiger partial charge in [-0.15, -0.1) is 0 Å². The Morgan fingerprint density at radius 1 is 1.23 bits per heavy atom. The summed E-state index contributed by atoms with van der Waals surface area (Å²) in [5.74, 6) is -0.273. The van der Waals surface area contributed by atoms with Gasteiger partial charge >= 0.3 is 6.03 Å². The minimum atomic E-state index is -2.73. The number of urea groups is 1. The highest BCUT2D eigenvalue weighted by molar-refractivity contribution is 5.74. The lowest BCUT2D eigenvalue weighted by Gasteiger charge is -2.37. The highest BCUT2D eigenvalue weighted by atomic mass is 19.1. The SMILES string of the molecule is [2H]c1c([2H])c(C([2H])([2H])N(C(=O)NCc2ccc(OCC(C)C)cc2)C2CCN(C)CC2)c([2H])c([2H])c1F. The van der Waals surface area contributed by atoms with Crippen molar-refractivity contribution in [3.05, 3.63) is 65.4 Å². The normalized spacial score (nSPS) is 18.4. The Balaban J connectivity index is 1.89. The van der Waals surface area contributed by atoms with Crippen molar-refractivity contribution in [2.24, 2.45) is 5.92 Å². The maximum atomic E-state index is 14.2. The summed E-state index contributed by atoms with van der Waals surface area (Å²) in [5, 5.41) is 2.73. The van der Waals surface area contributed by atoms with Gasteiger partial charge in [0.15, 0.2) is 0 Å². The lowest BCUT2D eigenvalue weighted by molar-refractivity contribution is 0.127. The first-order chi connectivity index (χ1) is 17.3. The van der Waals surface area contributed by atoms with E-state index >= 15 is 0 Å². The van der Waals surface area contributed by atoms with Gasteiger partial charge in [-0.1, -0.05) is 38.1 Å². The summed E-state index contributed by atoms with van der Waals surface area (Å²) in [4.78, 5) is 16.5. The fraction of sp³-hybridized carbons (Fsp3) is 0.480. The molecular weight excluding hydrogens is 393 g/mol. The summed E-state index contributed by atoms with van der Waals surface area (Å²) >= 11 is 0. The maximum Gasteiger partial charge on any atom is 0.318 e. The van der Waals surface area contributed by atoms with Crippen LogP contribution in [-0.4, -0.2) is 48.6 Å². The maximum absolute atomic E-state index is 14.2. The average molecular weight is 434 g/mol. The number of carbonyl (C=O) groups is 1. The first-order valence-electron chi connectivity index (χ1n) is 13.6. The number of amides is 2. The molecule has 1 heterocycles. The summed E-state index contributed by atoms with van der Waals surface area (Å²) in [6.45, 7) is 3.27. The highest BCUT2D eigenvalue weighted by Gasteiger charge is 2.27. The quantitative estimate of drug-likeness (QED) is 0.658. The number of benzene rings is 2. The second-order valence-electron chi connectivity index (χ2n) is 8.21. The van der Waals surface area contributed by atoms with Gasteiger partial charge in [0.2, 0.25) is 0 Å². The Morgan fingerprint density at radius 3 is 2.48 bits per heavy atom. The molecule has 6 heteroatoms. The van der Waals surface area contributed by atoms with Gasteiger partial charge in [0.25, 0.3) is 0 Å². The monoisotopic (exact) mass is 433 g/mol. The Morgan fingerprint density at radius 2 is 1.87 bits per heavy atom. The Labute approximate surface area is 193 Å². The molecule has 1 aliphatic heterocycles. The first kappa shape index (κ1) is 16.1. The molecule has 1 N–H and O–H groups in total. The minimum absolute atomic E-state index is 0.0980. The lowest BCUT2D eigenvalue weighted by Crippen LogP contribution is -2.49. The van der Waals surface area contributed by atoms with E-state index in [0.29, 0.717) is 44.2 Å². The third-order valence-corrected chi connectivity index (χ3v) is 5.05. The summed E-state index contributed by atoms with van der Waals surface area (Å²) < 4.78 is 69.5.